The zero-order valence-electron chi connectivity index (χ0n) is 9.95. The van der Waals surface area contributed by atoms with E-state index >= 15 is 0 Å². The van der Waals surface area contributed by atoms with Crippen LogP contribution in [0.15, 0.2) is 39.5 Å². The summed E-state index contributed by atoms with van der Waals surface area (Å²) in [7, 11) is 1.72. The lowest BCUT2D eigenvalue weighted by atomic mass is 10.3. The Labute approximate surface area is 127 Å². The molecule has 1 aromatic carbocycles. The summed E-state index contributed by atoms with van der Waals surface area (Å²) in [4.78, 5) is 20.2. The van der Waals surface area contributed by atoms with E-state index in [2.05, 4.69) is 52.5 Å². The third kappa shape index (κ3) is 3.30. The van der Waals surface area contributed by atoms with Crippen molar-refractivity contribution < 1.29 is 4.79 Å². The van der Waals surface area contributed by atoms with Crippen molar-refractivity contribution in [1.29, 1.82) is 0 Å². The molecule has 2 rings (SSSR count). The van der Waals surface area contributed by atoms with Crippen LogP contribution in [0, 0.1) is 0 Å². The van der Waals surface area contributed by atoms with Crippen LogP contribution in [0.5, 0.6) is 0 Å². The van der Waals surface area contributed by atoms with Crippen LogP contribution in [0.1, 0.15) is 10.5 Å². The van der Waals surface area contributed by atoms with Crippen LogP contribution < -0.4 is 10.6 Å². The zero-order valence-corrected chi connectivity index (χ0v) is 13.1. The summed E-state index contributed by atoms with van der Waals surface area (Å²) in [5.41, 5.74) is 0.902. The van der Waals surface area contributed by atoms with Crippen molar-refractivity contribution >= 4 is 49.3 Å². The molecule has 0 aliphatic heterocycles. The van der Waals surface area contributed by atoms with E-state index < -0.39 is 0 Å². The van der Waals surface area contributed by atoms with Crippen LogP contribution >= 0.6 is 31.9 Å². The van der Waals surface area contributed by atoms with Crippen LogP contribution in [0.3, 0.4) is 0 Å². The highest BCUT2D eigenvalue weighted by Gasteiger charge is 2.12. The first-order valence-corrected chi connectivity index (χ1v) is 6.95. The second-order valence-corrected chi connectivity index (χ2v) is 5.30. The van der Waals surface area contributed by atoms with Gasteiger partial charge in [-0.05, 0) is 44.0 Å². The number of benzene rings is 1. The van der Waals surface area contributed by atoms with Gasteiger partial charge >= 0.3 is 0 Å². The quantitative estimate of drug-likeness (QED) is 0.850. The standard InChI is InChI=1S/C12H10Br2N4O/c1-15-10-6-16-5-9(17-10)12(19)18-11-7(13)3-2-4-8(11)14/h2-6H,1H3,(H,15,17)(H,18,19). The van der Waals surface area contributed by atoms with E-state index in [9.17, 15) is 4.79 Å². The molecule has 0 aliphatic carbocycles. The number of carbonyl (C=O) groups is 1. The molecule has 0 aliphatic rings. The van der Waals surface area contributed by atoms with Crippen LogP contribution in [0.25, 0.3) is 0 Å². The number of nitrogens with one attached hydrogen (secondary N) is 2. The molecule has 0 spiro atoms. The number of amides is 1. The minimum Gasteiger partial charge on any atom is -0.372 e. The van der Waals surface area contributed by atoms with Gasteiger partial charge in [-0.1, -0.05) is 6.07 Å². The summed E-state index contributed by atoms with van der Waals surface area (Å²) >= 11 is 6.77. The van der Waals surface area contributed by atoms with Crippen molar-refractivity contribution in [2.75, 3.05) is 17.7 Å². The molecule has 2 aromatic rings. The van der Waals surface area contributed by atoms with Gasteiger partial charge in [0.05, 0.1) is 18.1 Å². The third-order valence-electron chi connectivity index (χ3n) is 2.32. The Hall–Kier alpha value is -1.47. The van der Waals surface area contributed by atoms with Crippen molar-refractivity contribution in [2.24, 2.45) is 0 Å². The number of carbonyl (C=O) groups excluding carboxylic acids is 1. The Morgan fingerprint density at radius 1 is 1.21 bits per heavy atom. The summed E-state index contributed by atoms with van der Waals surface area (Å²) in [5.74, 6) is 0.219. The van der Waals surface area contributed by atoms with Crippen molar-refractivity contribution in [2.45, 2.75) is 0 Å². The molecule has 1 aromatic heterocycles. The molecule has 98 valence electrons. The maximum Gasteiger partial charge on any atom is 0.276 e. The first-order chi connectivity index (χ1) is 9.11. The first kappa shape index (κ1) is 14.0. The van der Waals surface area contributed by atoms with E-state index in [0.29, 0.717) is 11.5 Å². The van der Waals surface area contributed by atoms with Gasteiger partial charge in [0, 0.05) is 16.0 Å². The number of hydrogen-bond acceptors (Lipinski definition) is 4. The fourth-order valence-corrected chi connectivity index (χ4v) is 2.59. The smallest absolute Gasteiger partial charge is 0.276 e. The molecule has 2 N–H and O–H groups in total. The molecule has 5 nitrogen and oxygen atoms in total. The predicted octanol–water partition coefficient (Wildman–Crippen LogP) is 3.30. The molecule has 0 fully saturated rings. The monoisotopic (exact) mass is 384 g/mol. The number of halogens is 2. The largest absolute Gasteiger partial charge is 0.372 e. The van der Waals surface area contributed by atoms with Gasteiger partial charge in [-0.15, -0.1) is 0 Å². The summed E-state index contributed by atoms with van der Waals surface area (Å²) in [6, 6.07) is 5.55. The minimum atomic E-state index is -0.322. The highest BCUT2D eigenvalue weighted by Crippen LogP contribution is 2.30. The van der Waals surface area contributed by atoms with E-state index in [1.807, 2.05) is 18.2 Å². The van der Waals surface area contributed by atoms with Gasteiger partial charge in [0.1, 0.15) is 11.5 Å². The fourth-order valence-electron chi connectivity index (χ4n) is 1.39. The van der Waals surface area contributed by atoms with Crippen LogP contribution in [0.2, 0.25) is 0 Å². The average Bonchev–Trinajstić information content (AvgIpc) is 2.43. The maximum atomic E-state index is 12.1. The summed E-state index contributed by atoms with van der Waals surface area (Å²) < 4.78 is 1.57. The van der Waals surface area contributed by atoms with Gasteiger partial charge in [0.2, 0.25) is 0 Å². The summed E-state index contributed by atoms with van der Waals surface area (Å²) in [6.45, 7) is 0. The van der Waals surface area contributed by atoms with Crippen molar-refractivity contribution in [3.63, 3.8) is 0 Å². The molecule has 0 saturated heterocycles. The van der Waals surface area contributed by atoms with Crippen LogP contribution in [-0.4, -0.2) is 22.9 Å². The lowest BCUT2D eigenvalue weighted by molar-refractivity contribution is 0.102. The second-order valence-electron chi connectivity index (χ2n) is 3.59. The van der Waals surface area contributed by atoms with E-state index in [4.69, 9.17) is 0 Å². The second kappa shape index (κ2) is 6.12. The Kier molecular flexibility index (Phi) is 4.49. The van der Waals surface area contributed by atoms with Gasteiger partial charge in [-0.25, -0.2) is 4.98 Å². The highest BCUT2D eigenvalue weighted by molar-refractivity contribution is 9.11. The summed E-state index contributed by atoms with van der Waals surface area (Å²) in [5, 5.41) is 5.62. The molecule has 0 unspecified atom stereocenters. The number of anilines is 2. The molecular weight excluding hydrogens is 376 g/mol. The first-order valence-electron chi connectivity index (χ1n) is 5.37. The maximum absolute atomic E-state index is 12.1. The van der Waals surface area contributed by atoms with Crippen LogP contribution in [-0.2, 0) is 0 Å². The highest BCUT2D eigenvalue weighted by atomic mass is 79.9. The fraction of sp³-hybridized carbons (Fsp3) is 0.0833. The number of aromatic nitrogens is 2. The van der Waals surface area contributed by atoms with Gasteiger partial charge in [-0.3, -0.25) is 9.78 Å². The van der Waals surface area contributed by atoms with Crippen molar-refractivity contribution in [1.82, 2.24) is 9.97 Å². The number of nitrogens with zero attached hydrogens (tertiary/aromatic N) is 2. The molecule has 0 saturated carbocycles. The molecule has 1 heterocycles. The minimum absolute atomic E-state index is 0.245. The summed E-state index contributed by atoms with van der Waals surface area (Å²) in [6.07, 6.45) is 2.96. The third-order valence-corrected chi connectivity index (χ3v) is 3.65. The normalized spacial score (nSPS) is 10.1. The van der Waals surface area contributed by atoms with E-state index in [0.717, 1.165) is 8.95 Å². The molecule has 1 amide bonds. The van der Waals surface area contributed by atoms with E-state index in [1.165, 1.54) is 6.20 Å². The molecule has 0 bridgehead atoms. The van der Waals surface area contributed by atoms with Gasteiger partial charge in [0.25, 0.3) is 5.91 Å². The molecule has 0 radical (unpaired) electrons. The molecule has 19 heavy (non-hydrogen) atoms. The van der Waals surface area contributed by atoms with Crippen molar-refractivity contribution in [3.05, 3.63) is 45.2 Å². The van der Waals surface area contributed by atoms with E-state index in [1.54, 1.807) is 13.2 Å². The average molecular weight is 386 g/mol. The topological polar surface area (TPSA) is 66.9 Å². The Bertz CT molecular complexity index is 598. The number of rotatable bonds is 3. The lowest BCUT2D eigenvalue weighted by Crippen LogP contribution is -2.15. The van der Waals surface area contributed by atoms with E-state index in [-0.39, 0.29) is 11.6 Å². The predicted molar refractivity (Wildman–Crippen MR) is 81.4 cm³/mol. The van der Waals surface area contributed by atoms with Gasteiger partial charge in [-0.2, -0.15) is 0 Å². The Morgan fingerprint density at radius 2 is 1.89 bits per heavy atom. The number of hydrogen-bond donors (Lipinski definition) is 2. The Balaban J connectivity index is 2.25. The molecule has 0 atom stereocenters. The van der Waals surface area contributed by atoms with Crippen LogP contribution in [0.4, 0.5) is 11.5 Å². The molecular formula is C12H10Br2N4O. The van der Waals surface area contributed by atoms with Gasteiger partial charge in [0.15, 0.2) is 0 Å². The SMILES string of the molecule is CNc1cncc(C(=O)Nc2c(Br)cccc2Br)n1. The Morgan fingerprint density at radius 3 is 2.53 bits per heavy atom. The lowest BCUT2D eigenvalue weighted by Gasteiger charge is -2.09. The zero-order chi connectivity index (χ0) is 13.8. The number of para-hydroxylation sites is 1. The molecule has 7 heteroatoms. The van der Waals surface area contributed by atoms with Crippen molar-refractivity contribution in [3.8, 4) is 0 Å². The van der Waals surface area contributed by atoms with Gasteiger partial charge < -0.3 is 10.6 Å².